The van der Waals surface area contributed by atoms with Crippen LogP contribution in [0.3, 0.4) is 0 Å². The highest BCUT2D eigenvalue weighted by atomic mass is 14.8. The lowest BCUT2D eigenvalue weighted by Gasteiger charge is -2.37. The molecule has 9 heavy (non-hydrogen) atoms. The van der Waals surface area contributed by atoms with Crippen LogP contribution in [0.2, 0.25) is 0 Å². The Bertz CT molecular complexity index is 127. The summed E-state index contributed by atoms with van der Waals surface area (Å²) in [5.74, 6) is 0.993. The van der Waals surface area contributed by atoms with E-state index in [0.29, 0.717) is 11.5 Å². The highest BCUT2D eigenvalue weighted by Crippen LogP contribution is 2.64. The molecule has 2 N–H and O–H groups in total. The Morgan fingerprint density at radius 1 is 1.67 bits per heavy atom. The van der Waals surface area contributed by atoms with Crippen molar-refractivity contribution < 1.29 is 0 Å². The largest absolute Gasteiger partial charge is 0.327 e. The van der Waals surface area contributed by atoms with Gasteiger partial charge in [0.2, 0.25) is 0 Å². The van der Waals surface area contributed by atoms with E-state index in [1.165, 1.54) is 25.7 Å². The van der Waals surface area contributed by atoms with E-state index < -0.39 is 0 Å². The van der Waals surface area contributed by atoms with Gasteiger partial charge in [-0.25, -0.2) is 0 Å². The summed E-state index contributed by atoms with van der Waals surface area (Å²) < 4.78 is 0. The van der Waals surface area contributed by atoms with E-state index in [-0.39, 0.29) is 0 Å². The Morgan fingerprint density at radius 2 is 2.33 bits per heavy atom. The van der Waals surface area contributed by atoms with Gasteiger partial charge in [-0.05, 0) is 30.6 Å². The van der Waals surface area contributed by atoms with E-state index in [1.807, 2.05) is 0 Å². The van der Waals surface area contributed by atoms with Crippen LogP contribution in [0.5, 0.6) is 0 Å². The van der Waals surface area contributed by atoms with Gasteiger partial charge in [-0.2, -0.15) is 0 Å². The molecule has 2 rings (SSSR count). The van der Waals surface area contributed by atoms with Gasteiger partial charge >= 0.3 is 0 Å². The van der Waals surface area contributed by atoms with Crippen molar-refractivity contribution in [3.8, 4) is 0 Å². The average Bonchev–Trinajstić information content (AvgIpc) is 2.43. The van der Waals surface area contributed by atoms with Gasteiger partial charge in [-0.15, -0.1) is 0 Å². The number of hydrogen-bond donors (Lipinski definition) is 1. The number of nitrogens with two attached hydrogens (primary N) is 1. The molecule has 1 nitrogen and oxygen atoms in total. The van der Waals surface area contributed by atoms with E-state index in [1.54, 1.807) is 0 Å². The van der Waals surface area contributed by atoms with E-state index in [0.717, 1.165) is 5.92 Å². The van der Waals surface area contributed by atoms with Crippen molar-refractivity contribution in [2.24, 2.45) is 17.1 Å². The fourth-order valence-electron chi connectivity index (χ4n) is 2.44. The predicted octanol–water partition coefficient (Wildman–Crippen LogP) is 1.52. The quantitative estimate of drug-likeness (QED) is 0.565. The van der Waals surface area contributed by atoms with E-state index >= 15 is 0 Å². The first-order valence-corrected chi connectivity index (χ1v) is 4.05. The highest BCUT2D eigenvalue weighted by Gasteiger charge is 2.61. The van der Waals surface area contributed by atoms with Crippen molar-refractivity contribution in [1.29, 1.82) is 0 Å². The van der Waals surface area contributed by atoms with E-state index in [4.69, 9.17) is 5.73 Å². The molecule has 3 unspecified atom stereocenters. The van der Waals surface area contributed by atoms with Crippen LogP contribution in [-0.4, -0.2) is 6.04 Å². The number of rotatable bonds is 1. The molecule has 0 heterocycles. The second kappa shape index (κ2) is 1.51. The summed E-state index contributed by atoms with van der Waals surface area (Å²) in [6, 6.07) is 0.580. The standard InChI is InChI=1S/C8H15N/c1-2-6-3-4-8(6)5-7(8)9/h6-7H,2-5,9H2,1H3. The minimum Gasteiger partial charge on any atom is -0.327 e. The molecule has 0 aromatic rings. The van der Waals surface area contributed by atoms with Gasteiger partial charge in [-0.1, -0.05) is 13.3 Å². The fraction of sp³-hybridized carbons (Fsp3) is 1.00. The van der Waals surface area contributed by atoms with Crippen LogP contribution in [0.25, 0.3) is 0 Å². The normalized spacial score (nSPS) is 55.3. The molecule has 1 heteroatoms. The molecule has 0 aliphatic heterocycles. The molecule has 0 radical (unpaired) electrons. The summed E-state index contributed by atoms with van der Waals surface area (Å²) in [6.07, 6.45) is 5.55. The van der Waals surface area contributed by atoms with Crippen LogP contribution in [0.15, 0.2) is 0 Å². The highest BCUT2D eigenvalue weighted by molar-refractivity contribution is 5.14. The average molecular weight is 125 g/mol. The Kier molecular flexibility index (Phi) is 0.963. The van der Waals surface area contributed by atoms with Crippen molar-refractivity contribution >= 4 is 0 Å². The van der Waals surface area contributed by atoms with Crippen molar-refractivity contribution in [3.63, 3.8) is 0 Å². The van der Waals surface area contributed by atoms with E-state index in [2.05, 4.69) is 6.92 Å². The summed E-state index contributed by atoms with van der Waals surface area (Å²) in [5, 5.41) is 0. The maximum absolute atomic E-state index is 5.83. The summed E-state index contributed by atoms with van der Waals surface area (Å²) in [4.78, 5) is 0. The molecule has 2 aliphatic rings. The van der Waals surface area contributed by atoms with E-state index in [9.17, 15) is 0 Å². The zero-order valence-corrected chi connectivity index (χ0v) is 6.06. The van der Waals surface area contributed by atoms with Gasteiger partial charge in [0, 0.05) is 6.04 Å². The third-order valence-corrected chi connectivity index (χ3v) is 3.44. The first-order chi connectivity index (χ1) is 4.29. The van der Waals surface area contributed by atoms with Gasteiger partial charge in [0.15, 0.2) is 0 Å². The fourth-order valence-corrected chi connectivity index (χ4v) is 2.44. The Hall–Kier alpha value is -0.0400. The summed E-state index contributed by atoms with van der Waals surface area (Å²) in [6.45, 7) is 2.29. The molecule has 0 amide bonds. The summed E-state index contributed by atoms with van der Waals surface area (Å²) >= 11 is 0. The second-order valence-electron chi connectivity index (χ2n) is 3.69. The minimum absolute atomic E-state index is 0.580. The van der Waals surface area contributed by atoms with Crippen LogP contribution >= 0.6 is 0 Å². The first-order valence-electron chi connectivity index (χ1n) is 4.05. The number of hydrogen-bond acceptors (Lipinski definition) is 1. The smallest absolute Gasteiger partial charge is 0.0105 e. The summed E-state index contributed by atoms with van der Waals surface area (Å²) in [5.41, 5.74) is 6.50. The zero-order valence-electron chi connectivity index (χ0n) is 6.06. The third kappa shape index (κ3) is 0.536. The minimum atomic E-state index is 0.580. The Morgan fingerprint density at radius 3 is 2.44 bits per heavy atom. The first kappa shape index (κ1) is 5.72. The molecule has 2 aliphatic carbocycles. The Balaban J connectivity index is 2.00. The molecule has 1 spiro atoms. The zero-order chi connectivity index (χ0) is 6.48. The SMILES string of the molecule is CCC1CCC12CC2N. The van der Waals surface area contributed by atoms with Gasteiger partial charge in [0.1, 0.15) is 0 Å². The maximum atomic E-state index is 5.83. The van der Waals surface area contributed by atoms with Crippen molar-refractivity contribution in [1.82, 2.24) is 0 Å². The molecule has 52 valence electrons. The molecule has 0 bridgehead atoms. The predicted molar refractivity (Wildman–Crippen MR) is 38.0 cm³/mol. The second-order valence-corrected chi connectivity index (χ2v) is 3.69. The monoisotopic (exact) mass is 125 g/mol. The topological polar surface area (TPSA) is 26.0 Å². The van der Waals surface area contributed by atoms with Gasteiger partial charge in [-0.3, -0.25) is 0 Å². The van der Waals surface area contributed by atoms with Crippen molar-refractivity contribution in [2.75, 3.05) is 0 Å². The lowest BCUT2D eigenvalue weighted by atomic mass is 9.68. The van der Waals surface area contributed by atoms with Crippen LogP contribution < -0.4 is 5.73 Å². The molecule has 0 aromatic carbocycles. The van der Waals surface area contributed by atoms with Crippen molar-refractivity contribution in [2.45, 2.75) is 38.6 Å². The molecule has 3 atom stereocenters. The lowest BCUT2D eigenvalue weighted by molar-refractivity contribution is 0.136. The molecule has 2 fully saturated rings. The molecular formula is C8H15N. The lowest BCUT2D eigenvalue weighted by Crippen LogP contribution is -2.32. The van der Waals surface area contributed by atoms with Crippen molar-refractivity contribution in [3.05, 3.63) is 0 Å². The molecule has 2 saturated carbocycles. The van der Waals surface area contributed by atoms with Crippen LogP contribution in [0.1, 0.15) is 32.6 Å². The molecule has 0 aromatic heterocycles. The summed E-state index contributed by atoms with van der Waals surface area (Å²) in [7, 11) is 0. The van der Waals surface area contributed by atoms with Crippen LogP contribution in [-0.2, 0) is 0 Å². The van der Waals surface area contributed by atoms with Crippen LogP contribution in [0, 0.1) is 11.3 Å². The van der Waals surface area contributed by atoms with Crippen LogP contribution in [0.4, 0.5) is 0 Å². The molecule has 0 saturated heterocycles. The maximum Gasteiger partial charge on any atom is 0.0105 e. The van der Waals surface area contributed by atoms with Gasteiger partial charge in [0.25, 0.3) is 0 Å². The molecular weight excluding hydrogens is 110 g/mol. The van der Waals surface area contributed by atoms with Gasteiger partial charge in [0.05, 0.1) is 0 Å². The third-order valence-electron chi connectivity index (χ3n) is 3.44. The van der Waals surface area contributed by atoms with Gasteiger partial charge < -0.3 is 5.73 Å². The Labute approximate surface area is 56.6 Å².